The van der Waals surface area contributed by atoms with Crippen molar-refractivity contribution in [1.82, 2.24) is 49.8 Å². The van der Waals surface area contributed by atoms with E-state index in [4.69, 9.17) is 29.4 Å². The third kappa shape index (κ3) is 28.2. The number of benzene rings is 10. The van der Waals surface area contributed by atoms with Gasteiger partial charge in [0.15, 0.2) is 0 Å². The van der Waals surface area contributed by atoms with Crippen LogP contribution in [0.25, 0.3) is 156 Å². The van der Waals surface area contributed by atoms with E-state index in [2.05, 4.69) is 155 Å². The number of aromatic nitrogens is 10. The number of hydrogen-bond donors (Lipinski definition) is 0. The molecule has 10 aromatic carbocycles. The van der Waals surface area contributed by atoms with Crippen LogP contribution in [-0.4, -0.2) is 49.8 Å². The van der Waals surface area contributed by atoms with Crippen LogP contribution in [0.1, 0.15) is 70.9 Å². The first-order valence-electron chi connectivity index (χ1n) is 49.3. The monoisotopic (exact) mass is 2480 g/mol. The zero-order valence-corrected chi connectivity index (χ0v) is 82.7. The van der Waals surface area contributed by atoms with Crippen LogP contribution in [0.2, 0.25) is 0 Å². The predicted molar refractivity (Wildman–Crippen MR) is 532 cm³/mol. The second kappa shape index (κ2) is 51.2. The molecule has 0 unspecified atom stereocenters. The Morgan fingerprint density at radius 3 is 0.919 bits per heavy atom. The molecule has 4 radical (unpaired) electrons. The molecule has 135 heavy (non-hydrogen) atoms. The number of furan rings is 2. The van der Waals surface area contributed by atoms with E-state index >= 15 is 0 Å². The number of hydrogen-bond acceptors (Lipinski definition) is 12. The van der Waals surface area contributed by atoms with Crippen LogP contribution in [0, 0.1) is 110 Å². The summed E-state index contributed by atoms with van der Waals surface area (Å²) in [5, 5.41) is 3.95. The minimum absolute atomic E-state index is 0. The fraction of sp³-hybridized carbons (Fsp3) is 0.0756. The normalized spacial score (nSPS) is 12.3. The molecule has 0 amide bonds. The molecule has 0 aliphatic heterocycles. The van der Waals surface area contributed by atoms with Gasteiger partial charge in [-0.1, -0.05) is 167 Å². The number of fused-ring (bicyclic) bond motifs is 6. The van der Waals surface area contributed by atoms with E-state index in [9.17, 15) is 0 Å². The topological polar surface area (TPSA) is 155 Å². The fourth-order valence-corrected chi connectivity index (χ4v) is 13.6. The van der Waals surface area contributed by atoms with Gasteiger partial charge in [0.25, 0.3) is 0 Å². The van der Waals surface area contributed by atoms with Crippen LogP contribution < -0.4 is 0 Å². The zero-order valence-electron chi connectivity index (χ0n) is 88.1. The van der Waals surface area contributed by atoms with Crippen LogP contribution in [0.3, 0.4) is 0 Å². The van der Waals surface area contributed by atoms with E-state index in [0.29, 0.717) is 28.3 Å². The summed E-state index contributed by atoms with van der Waals surface area (Å²) in [7, 11) is 0. The van der Waals surface area contributed by atoms with Crippen molar-refractivity contribution in [2.45, 2.75) is 62.0 Å². The number of aryl methyl sites for hydroxylation is 9. The molecule has 16 heteroatoms. The molecule has 674 valence electrons. The van der Waals surface area contributed by atoms with Gasteiger partial charge in [0.1, 0.15) is 0 Å². The Kier molecular flexibility index (Phi) is 31.0. The molecular weight excluding hydrogens is 2370 g/mol. The first kappa shape index (κ1) is 81.6. The summed E-state index contributed by atoms with van der Waals surface area (Å²) in [5.74, 6) is 0. The molecule has 22 rings (SSSR count). The van der Waals surface area contributed by atoms with Crippen molar-refractivity contribution in [1.29, 1.82) is 0 Å². The van der Waals surface area contributed by atoms with Crippen LogP contribution in [0.4, 0.5) is 0 Å². The summed E-state index contributed by atoms with van der Waals surface area (Å²) in [4.78, 5) is 43.1. The second-order valence-corrected chi connectivity index (χ2v) is 29.6. The van der Waals surface area contributed by atoms with Gasteiger partial charge in [-0.15, -0.1) is 252 Å². The van der Waals surface area contributed by atoms with Crippen LogP contribution in [0.15, 0.2) is 404 Å². The summed E-state index contributed by atoms with van der Waals surface area (Å²) in [6.45, 7) is -2.49. The number of nitrogens with zero attached hydrogens (tertiary/aromatic N) is 10. The van der Waals surface area contributed by atoms with Crippen molar-refractivity contribution in [3.63, 3.8) is 0 Å². The molecule has 0 aliphatic carbocycles. The van der Waals surface area contributed by atoms with Crippen molar-refractivity contribution >= 4 is 44.1 Å². The first-order chi connectivity index (χ1) is 70.2. The Morgan fingerprint density at radius 1 is 0.237 bits per heavy atom. The van der Waals surface area contributed by atoms with Crippen molar-refractivity contribution < 1.29 is 110 Å². The maximum Gasteiger partial charge on any atom is 0.216 e. The Bertz CT molecular complexity index is 7580. The predicted octanol–water partition coefficient (Wildman–Crippen LogP) is 29.1. The summed E-state index contributed by atoms with van der Waals surface area (Å²) in [6, 6.07) is 134. The van der Waals surface area contributed by atoms with E-state index < -0.39 is 34.3 Å². The smallest absolute Gasteiger partial charge is 0.216 e. The Morgan fingerprint density at radius 2 is 0.570 bits per heavy atom. The molecule has 0 saturated heterocycles. The molecule has 0 atom stereocenters. The fourth-order valence-electron chi connectivity index (χ4n) is 13.6. The third-order valence-corrected chi connectivity index (χ3v) is 20.1. The van der Waals surface area contributed by atoms with E-state index in [0.717, 1.165) is 123 Å². The summed E-state index contributed by atoms with van der Waals surface area (Å²) >= 11 is 0. The second-order valence-electron chi connectivity index (χ2n) is 29.6. The first-order valence-corrected chi connectivity index (χ1v) is 41.8. The van der Waals surface area contributed by atoms with Gasteiger partial charge in [0.05, 0.1) is 11.2 Å². The Balaban J connectivity index is 0.000000163. The van der Waals surface area contributed by atoms with Gasteiger partial charge in [-0.25, -0.2) is 9.97 Å². The van der Waals surface area contributed by atoms with E-state index in [-0.39, 0.29) is 108 Å². The van der Waals surface area contributed by atoms with E-state index in [1.807, 2.05) is 251 Å². The SMILES string of the molecule is Cc1cc(-c2[c-]cccc2)ncc1-c1ccccc1.Cc1ccnc(-c2[c-]ccc3c2oc2nc(C)ccc23)c1.[2H]C([2H])([2H])c1ccc(-c2[c-]ccc3c2oc2nc(C)ccc23)nc1.[2H]C([2H])([2H])c1ccc(-c2[c-]cccc2)nc1.[2H]C([2H])([2H])c1ccc(-c2[c-]cccc2)nc1.[2H]C([2H])([2H])c1ccc(-c2[c-]cccc2)nc1.[2H]C([2H])([2H])c1ccc(-c2[c-]cccc2)nc1.[Ir].[Ir].[Ir].[Ir].[c-]1ccccc1-c1cc(-c2ccccc2)ccn1. The number of pyridine rings is 10. The minimum Gasteiger partial charge on any atom is -0.486 e. The molecule has 0 bridgehead atoms. The van der Waals surface area contributed by atoms with Crippen LogP contribution in [-0.2, 0) is 80.4 Å². The summed E-state index contributed by atoms with van der Waals surface area (Å²) in [5.41, 5.74) is 26.3. The van der Waals surface area contributed by atoms with Gasteiger partial charge in [0.2, 0.25) is 11.4 Å². The average Bonchev–Trinajstić information content (AvgIpc) is 1.62. The minimum atomic E-state index is -2.16. The van der Waals surface area contributed by atoms with Crippen LogP contribution >= 0.6 is 0 Å². The molecular formula is C119H92Ir4N10O2-8. The van der Waals surface area contributed by atoms with Crippen molar-refractivity contribution in [3.8, 4) is 112 Å². The van der Waals surface area contributed by atoms with E-state index in [1.54, 1.807) is 84.9 Å². The van der Waals surface area contributed by atoms with Gasteiger partial charge in [-0.2, -0.15) is 0 Å². The summed E-state index contributed by atoms with van der Waals surface area (Å²) in [6.07, 6.45) is 12.5. The van der Waals surface area contributed by atoms with Gasteiger partial charge >= 0.3 is 0 Å². The molecule has 12 aromatic heterocycles. The maximum absolute atomic E-state index is 7.43. The Hall–Kier alpha value is -14.1. The molecule has 22 aromatic rings. The van der Waals surface area contributed by atoms with Gasteiger partial charge in [-0.3, -0.25) is 0 Å². The standard InChI is InChI=1S/2C18H13N2O.C18H14N.C17H12N.4C12H10N.4Ir/c1-11-6-9-16(19-10-11)15-5-3-4-13-14-8-7-12(2)20-18(14)21-17(13)15;1-11-8-9-19-16(10-11)15-5-3-4-13-14-7-6-12(2)20-18(14)21-17(13)15;1-14-12-18(16-10-6-3-7-11-16)19-13-17(14)15-8-4-2-5-9-15;1-3-7-14(8-4-1)16-11-12-18-17(13-16)15-9-5-2-6-10-15;4*1-10-7-8-12(13-9-10)11-5-3-2-4-6-11;;;;/h2*3-4,6-10H,1-2H3;2-10,12-13H,1H3;1-9,11-13H;4*2-5,7-9H,1H3;;;;/q8*-1;;;;/i1D3;;;;4*1D3;;;;. The molecule has 0 aliphatic rings. The van der Waals surface area contributed by atoms with E-state index in [1.165, 1.54) is 58.8 Å². The van der Waals surface area contributed by atoms with Gasteiger partial charge < -0.3 is 48.7 Å². The van der Waals surface area contributed by atoms with Crippen LogP contribution in [0.5, 0.6) is 0 Å². The molecule has 0 fully saturated rings. The van der Waals surface area contributed by atoms with Crippen molar-refractivity contribution in [2.24, 2.45) is 0 Å². The average molecular weight is 2480 g/mol. The zero-order chi connectivity index (χ0) is 103. The van der Waals surface area contributed by atoms with Crippen molar-refractivity contribution in [3.05, 3.63) is 494 Å². The largest absolute Gasteiger partial charge is 0.486 e. The Labute approximate surface area is 865 Å². The molecule has 12 heterocycles. The van der Waals surface area contributed by atoms with Gasteiger partial charge in [0, 0.05) is 178 Å². The molecule has 0 spiro atoms. The summed E-state index contributed by atoms with van der Waals surface area (Å²) < 4.78 is 121. The third-order valence-electron chi connectivity index (χ3n) is 20.1. The van der Waals surface area contributed by atoms with Gasteiger partial charge in [-0.05, 0) is 194 Å². The number of rotatable bonds is 10. The molecule has 12 nitrogen and oxygen atoms in total. The maximum atomic E-state index is 7.43. The quantitative estimate of drug-likeness (QED) is 0.120. The van der Waals surface area contributed by atoms with Crippen molar-refractivity contribution in [2.75, 3.05) is 0 Å². The molecule has 0 N–H and O–H groups in total. The molecule has 0 saturated carbocycles.